The lowest BCUT2D eigenvalue weighted by molar-refractivity contribution is 0.257. The van der Waals surface area contributed by atoms with Gasteiger partial charge in [0.05, 0.1) is 0 Å². The van der Waals surface area contributed by atoms with E-state index in [0.29, 0.717) is 6.04 Å². The first kappa shape index (κ1) is 14.9. The average Bonchev–Trinajstić information content (AvgIpc) is 2.37. The van der Waals surface area contributed by atoms with Crippen LogP contribution in [0.1, 0.15) is 37.8 Å². The number of benzene rings is 1. The van der Waals surface area contributed by atoms with Gasteiger partial charge in [-0.15, -0.1) is 0 Å². The van der Waals surface area contributed by atoms with Crippen LogP contribution in [-0.2, 0) is 5.75 Å². The molecule has 0 heterocycles. The van der Waals surface area contributed by atoms with Crippen LogP contribution >= 0.6 is 11.8 Å². The Morgan fingerprint density at radius 1 is 1.26 bits per heavy atom. The maximum Gasteiger partial charge on any atom is 0.0230 e. The van der Waals surface area contributed by atoms with Gasteiger partial charge in [0.1, 0.15) is 0 Å². The normalized spacial score (nSPS) is 31.4. The molecule has 4 atom stereocenters. The maximum absolute atomic E-state index is 3.54. The molecular formula is C17H27NS. The van der Waals surface area contributed by atoms with Crippen LogP contribution in [0.25, 0.3) is 0 Å². The number of thioether (sulfide) groups is 1. The molecule has 1 N–H and O–H groups in total. The molecule has 1 aliphatic rings. The van der Waals surface area contributed by atoms with Crippen molar-refractivity contribution in [3.8, 4) is 0 Å². The molecule has 1 aromatic carbocycles. The van der Waals surface area contributed by atoms with E-state index in [1.165, 1.54) is 24.0 Å². The van der Waals surface area contributed by atoms with E-state index in [1.807, 2.05) is 0 Å². The Labute approximate surface area is 122 Å². The van der Waals surface area contributed by atoms with Crippen molar-refractivity contribution in [3.05, 3.63) is 35.4 Å². The summed E-state index contributed by atoms with van der Waals surface area (Å²) in [6.45, 7) is 6.99. The molecule has 106 valence electrons. The fraction of sp³-hybridized carbons (Fsp3) is 0.647. The minimum absolute atomic E-state index is 0.675. The summed E-state index contributed by atoms with van der Waals surface area (Å²) in [5.74, 6) is 2.82. The monoisotopic (exact) mass is 277 g/mol. The summed E-state index contributed by atoms with van der Waals surface area (Å²) in [6.07, 6.45) is 2.70. The summed E-state index contributed by atoms with van der Waals surface area (Å²) in [7, 11) is 2.12. The van der Waals surface area contributed by atoms with E-state index in [4.69, 9.17) is 0 Å². The van der Waals surface area contributed by atoms with E-state index in [2.05, 4.69) is 69.2 Å². The standard InChI is InChI=1S/C17H27NS/c1-12-6-5-7-15(9-12)11-19-17-14(3)8-13(2)10-16(17)18-4/h5-7,9,13-14,16-18H,8,10-11H2,1-4H3. The maximum atomic E-state index is 3.54. The number of rotatable bonds is 4. The Bertz CT molecular complexity index is 404. The third kappa shape index (κ3) is 4.00. The van der Waals surface area contributed by atoms with E-state index in [0.717, 1.165) is 22.8 Å². The Balaban J connectivity index is 1.96. The fourth-order valence-electron chi connectivity index (χ4n) is 3.39. The zero-order chi connectivity index (χ0) is 13.8. The summed E-state index contributed by atoms with van der Waals surface area (Å²) < 4.78 is 0. The molecule has 0 bridgehead atoms. The van der Waals surface area contributed by atoms with Crippen molar-refractivity contribution in [1.29, 1.82) is 0 Å². The van der Waals surface area contributed by atoms with Gasteiger partial charge < -0.3 is 5.32 Å². The van der Waals surface area contributed by atoms with Crippen LogP contribution in [0.2, 0.25) is 0 Å². The highest BCUT2D eigenvalue weighted by atomic mass is 32.2. The molecule has 2 heteroatoms. The van der Waals surface area contributed by atoms with Gasteiger partial charge in [-0.2, -0.15) is 11.8 Å². The summed E-state index contributed by atoms with van der Waals surface area (Å²) in [5.41, 5.74) is 2.83. The topological polar surface area (TPSA) is 12.0 Å². The van der Waals surface area contributed by atoms with E-state index < -0.39 is 0 Å². The number of hydrogen-bond donors (Lipinski definition) is 1. The Hall–Kier alpha value is -0.470. The number of nitrogens with one attached hydrogen (secondary N) is 1. The minimum Gasteiger partial charge on any atom is -0.316 e. The molecule has 1 fully saturated rings. The van der Waals surface area contributed by atoms with E-state index in [1.54, 1.807) is 0 Å². The molecule has 1 aromatic rings. The quantitative estimate of drug-likeness (QED) is 0.883. The highest BCUT2D eigenvalue weighted by Crippen LogP contribution is 2.37. The third-order valence-corrected chi connectivity index (χ3v) is 5.96. The van der Waals surface area contributed by atoms with Gasteiger partial charge in [0.2, 0.25) is 0 Å². The molecule has 0 spiro atoms. The predicted molar refractivity (Wildman–Crippen MR) is 86.7 cm³/mol. The summed E-state index contributed by atoms with van der Waals surface area (Å²) in [4.78, 5) is 0. The van der Waals surface area contributed by atoms with Crippen molar-refractivity contribution in [2.45, 2.75) is 50.7 Å². The molecular weight excluding hydrogens is 250 g/mol. The van der Waals surface area contributed by atoms with E-state index >= 15 is 0 Å². The minimum atomic E-state index is 0.675. The molecule has 0 aromatic heterocycles. The first-order chi connectivity index (χ1) is 9.10. The lowest BCUT2D eigenvalue weighted by atomic mass is 9.80. The molecule has 0 amide bonds. The van der Waals surface area contributed by atoms with Crippen molar-refractivity contribution in [3.63, 3.8) is 0 Å². The van der Waals surface area contributed by atoms with Crippen LogP contribution in [0.5, 0.6) is 0 Å². The van der Waals surface area contributed by atoms with Gasteiger partial charge in [0.25, 0.3) is 0 Å². The highest BCUT2D eigenvalue weighted by Gasteiger charge is 2.33. The average molecular weight is 277 g/mol. The van der Waals surface area contributed by atoms with Gasteiger partial charge in [-0.05, 0) is 44.2 Å². The summed E-state index contributed by atoms with van der Waals surface area (Å²) in [6, 6.07) is 9.60. The second-order valence-corrected chi connectivity index (χ2v) is 7.38. The van der Waals surface area contributed by atoms with Crippen molar-refractivity contribution in [2.24, 2.45) is 11.8 Å². The highest BCUT2D eigenvalue weighted by molar-refractivity contribution is 7.99. The fourth-order valence-corrected chi connectivity index (χ4v) is 4.87. The second kappa shape index (κ2) is 6.81. The summed E-state index contributed by atoms with van der Waals surface area (Å²) >= 11 is 2.14. The van der Waals surface area contributed by atoms with Crippen LogP contribution in [0, 0.1) is 18.8 Å². The van der Waals surface area contributed by atoms with Crippen LogP contribution < -0.4 is 5.32 Å². The number of aryl methyl sites for hydroxylation is 1. The van der Waals surface area contributed by atoms with Crippen LogP contribution in [0.3, 0.4) is 0 Å². The van der Waals surface area contributed by atoms with Crippen molar-refractivity contribution in [2.75, 3.05) is 7.05 Å². The van der Waals surface area contributed by atoms with Crippen LogP contribution in [-0.4, -0.2) is 18.3 Å². The largest absolute Gasteiger partial charge is 0.316 e. The molecule has 1 nitrogen and oxygen atoms in total. The Kier molecular flexibility index (Phi) is 5.35. The Morgan fingerprint density at radius 2 is 2.05 bits per heavy atom. The van der Waals surface area contributed by atoms with Crippen molar-refractivity contribution < 1.29 is 0 Å². The lowest BCUT2D eigenvalue weighted by Gasteiger charge is -2.39. The zero-order valence-electron chi connectivity index (χ0n) is 12.6. The van der Waals surface area contributed by atoms with E-state index in [-0.39, 0.29) is 0 Å². The molecule has 1 saturated carbocycles. The lowest BCUT2D eigenvalue weighted by Crippen LogP contribution is -2.44. The first-order valence-electron chi connectivity index (χ1n) is 7.44. The molecule has 2 rings (SSSR count). The molecule has 0 aliphatic heterocycles. The SMILES string of the molecule is CNC1CC(C)CC(C)C1SCc1cccc(C)c1. The van der Waals surface area contributed by atoms with Gasteiger partial charge in [-0.1, -0.05) is 43.7 Å². The van der Waals surface area contributed by atoms with Gasteiger partial charge >= 0.3 is 0 Å². The molecule has 0 radical (unpaired) electrons. The van der Waals surface area contributed by atoms with Crippen molar-refractivity contribution in [1.82, 2.24) is 5.32 Å². The second-order valence-electron chi connectivity index (χ2n) is 6.21. The van der Waals surface area contributed by atoms with Gasteiger partial charge in [-0.3, -0.25) is 0 Å². The Morgan fingerprint density at radius 3 is 2.74 bits per heavy atom. The smallest absolute Gasteiger partial charge is 0.0230 e. The molecule has 19 heavy (non-hydrogen) atoms. The van der Waals surface area contributed by atoms with Gasteiger partial charge in [0.15, 0.2) is 0 Å². The van der Waals surface area contributed by atoms with Gasteiger partial charge in [0, 0.05) is 17.0 Å². The molecule has 1 aliphatic carbocycles. The van der Waals surface area contributed by atoms with Crippen LogP contribution in [0.15, 0.2) is 24.3 Å². The predicted octanol–water partition coefficient (Wildman–Crippen LogP) is 4.25. The first-order valence-corrected chi connectivity index (χ1v) is 8.49. The van der Waals surface area contributed by atoms with Gasteiger partial charge in [-0.25, -0.2) is 0 Å². The molecule has 0 saturated heterocycles. The zero-order valence-corrected chi connectivity index (χ0v) is 13.5. The van der Waals surface area contributed by atoms with E-state index in [9.17, 15) is 0 Å². The third-order valence-electron chi connectivity index (χ3n) is 4.28. The van der Waals surface area contributed by atoms with Crippen molar-refractivity contribution >= 4 is 11.8 Å². The molecule has 4 unspecified atom stereocenters. The summed E-state index contributed by atoms with van der Waals surface area (Å²) in [5, 5.41) is 4.29. The number of hydrogen-bond acceptors (Lipinski definition) is 2. The van der Waals surface area contributed by atoms with Crippen LogP contribution in [0.4, 0.5) is 0 Å².